The Morgan fingerprint density at radius 1 is 0.875 bits per heavy atom. The molecule has 2 fully saturated rings. The lowest BCUT2D eigenvalue weighted by Gasteiger charge is -2.19. The molecule has 3 unspecified atom stereocenters. The van der Waals surface area contributed by atoms with Crippen LogP contribution in [0.5, 0.6) is 0 Å². The zero-order valence-corrected chi connectivity index (χ0v) is 10.8. The summed E-state index contributed by atoms with van der Waals surface area (Å²) in [6, 6.07) is 0. The first-order valence-electron chi connectivity index (χ1n) is 7.06. The molecular weight excluding hydrogens is 200 g/mol. The first-order valence-corrected chi connectivity index (χ1v) is 7.06. The molecule has 2 nitrogen and oxygen atoms in total. The van der Waals surface area contributed by atoms with Crippen LogP contribution >= 0.6 is 0 Å². The molecule has 2 aliphatic rings. The van der Waals surface area contributed by atoms with E-state index in [1.165, 1.54) is 32.1 Å². The first-order chi connectivity index (χ1) is 7.83. The van der Waals surface area contributed by atoms with Crippen LogP contribution in [0.3, 0.4) is 0 Å². The molecule has 2 rings (SSSR count). The van der Waals surface area contributed by atoms with Crippen LogP contribution in [0.1, 0.15) is 52.4 Å². The summed E-state index contributed by atoms with van der Waals surface area (Å²) in [6.07, 6.45) is 8.15. The topological polar surface area (TPSA) is 18.5 Å². The molecule has 0 bridgehead atoms. The average Bonchev–Trinajstić information content (AvgIpc) is 2.95. The van der Waals surface area contributed by atoms with Crippen LogP contribution in [0.15, 0.2) is 0 Å². The van der Waals surface area contributed by atoms with E-state index >= 15 is 0 Å². The van der Waals surface area contributed by atoms with Gasteiger partial charge in [-0.05, 0) is 43.4 Å². The highest BCUT2D eigenvalue weighted by atomic mass is 16.7. The third kappa shape index (κ3) is 2.98. The predicted molar refractivity (Wildman–Crippen MR) is 65.2 cm³/mol. The van der Waals surface area contributed by atoms with Crippen molar-refractivity contribution in [3.05, 3.63) is 0 Å². The second kappa shape index (κ2) is 6.02. The largest absolute Gasteiger partial charge is 0.350 e. The fourth-order valence-electron chi connectivity index (χ4n) is 3.45. The Kier molecular flexibility index (Phi) is 4.66. The smallest absolute Gasteiger partial charge is 0.157 e. The molecule has 0 radical (unpaired) electrons. The van der Waals surface area contributed by atoms with Gasteiger partial charge in [-0.1, -0.05) is 26.7 Å². The minimum Gasteiger partial charge on any atom is -0.350 e. The van der Waals surface area contributed by atoms with Gasteiger partial charge in [0, 0.05) is 0 Å². The van der Waals surface area contributed by atoms with Crippen molar-refractivity contribution in [1.82, 2.24) is 0 Å². The van der Waals surface area contributed by atoms with Crippen LogP contribution in [0, 0.1) is 17.8 Å². The first kappa shape index (κ1) is 12.4. The zero-order valence-electron chi connectivity index (χ0n) is 10.8. The zero-order chi connectivity index (χ0) is 11.4. The van der Waals surface area contributed by atoms with Crippen molar-refractivity contribution >= 4 is 0 Å². The quantitative estimate of drug-likeness (QED) is 0.713. The molecule has 0 aromatic carbocycles. The van der Waals surface area contributed by atoms with E-state index in [9.17, 15) is 0 Å². The lowest BCUT2D eigenvalue weighted by Crippen LogP contribution is -2.13. The van der Waals surface area contributed by atoms with E-state index in [0.29, 0.717) is 0 Å². The second-order valence-corrected chi connectivity index (χ2v) is 5.42. The minimum absolute atomic E-state index is 0.109. The molecule has 0 N–H and O–H groups in total. The average molecular weight is 226 g/mol. The molecule has 1 aliphatic carbocycles. The molecule has 1 heterocycles. The van der Waals surface area contributed by atoms with Crippen LogP contribution < -0.4 is 0 Å². The van der Waals surface area contributed by atoms with Crippen LogP contribution in [0.4, 0.5) is 0 Å². The summed E-state index contributed by atoms with van der Waals surface area (Å²) in [5.74, 6) is 2.88. The van der Waals surface area contributed by atoms with Gasteiger partial charge in [0.2, 0.25) is 0 Å². The normalized spacial score (nSPS) is 36.0. The Morgan fingerprint density at radius 3 is 2.19 bits per heavy atom. The van der Waals surface area contributed by atoms with Gasteiger partial charge >= 0.3 is 0 Å². The lowest BCUT2D eigenvalue weighted by molar-refractivity contribution is -0.0510. The van der Waals surface area contributed by atoms with Gasteiger partial charge in [0.25, 0.3) is 0 Å². The van der Waals surface area contributed by atoms with Crippen LogP contribution in [0.25, 0.3) is 0 Å². The maximum Gasteiger partial charge on any atom is 0.157 e. The number of hydrogen-bond acceptors (Lipinski definition) is 2. The summed E-state index contributed by atoms with van der Waals surface area (Å²) in [7, 11) is 0. The van der Waals surface area contributed by atoms with E-state index in [4.69, 9.17) is 9.47 Å². The molecule has 0 aromatic heterocycles. The Labute approximate surface area is 99.7 Å². The van der Waals surface area contributed by atoms with Gasteiger partial charge in [0.05, 0.1) is 13.2 Å². The van der Waals surface area contributed by atoms with Crippen molar-refractivity contribution in [2.45, 2.75) is 58.7 Å². The molecule has 1 saturated heterocycles. The van der Waals surface area contributed by atoms with Crippen molar-refractivity contribution in [1.29, 1.82) is 0 Å². The van der Waals surface area contributed by atoms with Crippen molar-refractivity contribution in [3.8, 4) is 0 Å². The van der Waals surface area contributed by atoms with Crippen molar-refractivity contribution < 1.29 is 9.47 Å². The predicted octanol–water partition coefficient (Wildman–Crippen LogP) is 3.60. The van der Waals surface area contributed by atoms with Gasteiger partial charge in [0.15, 0.2) is 6.29 Å². The van der Waals surface area contributed by atoms with Crippen LogP contribution in [0.2, 0.25) is 0 Å². The van der Waals surface area contributed by atoms with E-state index in [1.807, 2.05) is 0 Å². The highest BCUT2D eigenvalue weighted by Crippen LogP contribution is 2.42. The van der Waals surface area contributed by atoms with E-state index in [1.54, 1.807) is 0 Å². The Bertz CT molecular complexity index is 199. The highest BCUT2D eigenvalue weighted by molar-refractivity contribution is 4.82. The maximum atomic E-state index is 5.51. The molecule has 0 amide bonds. The summed E-state index contributed by atoms with van der Waals surface area (Å²) in [5.41, 5.74) is 0. The lowest BCUT2D eigenvalue weighted by atomic mass is 9.90. The van der Waals surface area contributed by atoms with Crippen LogP contribution in [-0.2, 0) is 9.47 Å². The number of ether oxygens (including phenoxy) is 2. The second-order valence-electron chi connectivity index (χ2n) is 5.42. The van der Waals surface area contributed by atoms with Crippen LogP contribution in [-0.4, -0.2) is 19.5 Å². The summed E-state index contributed by atoms with van der Waals surface area (Å²) < 4.78 is 11.0. The SMILES string of the molecule is CCC1CC(CC)C(CCC2OCCO2)C1. The molecular formula is C14H26O2. The molecule has 2 heteroatoms. The summed E-state index contributed by atoms with van der Waals surface area (Å²) in [6.45, 7) is 6.27. The Balaban J connectivity index is 1.74. The van der Waals surface area contributed by atoms with Crippen molar-refractivity contribution in [3.63, 3.8) is 0 Å². The van der Waals surface area contributed by atoms with E-state index in [2.05, 4.69) is 13.8 Å². The molecule has 1 saturated carbocycles. The summed E-state index contributed by atoms with van der Waals surface area (Å²) >= 11 is 0. The van der Waals surface area contributed by atoms with Gasteiger partial charge in [-0.15, -0.1) is 0 Å². The van der Waals surface area contributed by atoms with Gasteiger partial charge < -0.3 is 9.47 Å². The standard InChI is InChI=1S/C14H26O2/c1-3-11-9-12(4-2)13(10-11)5-6-14-15-7-8-16-14/h11-14H,3-10H2,1-2H3. The molecule has 94 valence electrons. The third-order valence-electron chi connectivity index (χ3n) is 4.50. The van der Waals surface area contributed by atoms with E-state index < -0.39 is 0 Å². The van der Waals surface area contributed by atoms with Gasteiger partial charge in [-0.25, -0.2) is 0 Å². The number of rotatable bonds is 5. The molecule has 1 aliphatic heterocycles. The Hall–Kier alpha value is -0.0800. The van der Waals surface area contributed by atoms with Crippen molar-refractivity contribution in [2.24, 2.45) is 17.8 Å². The molecule has 0 aromatic rings. The van der Waals surface area contributed by atoms with Gasteiger partial charge in [-0.3, -0.25) is 0 Å². The third-order valence-corrected chi connectivity index (χ3v) is 4.50. The number of hydrogen-bond donors (Lipinski definition) is 0. The monoisotopic (exact) mass is 226 g/mol. The summed E-state index contributed by atoms with van der Waals surface area (Å²) in [4.78, 5) is 0. The minimum atomic E-state index is 0.109. The van der Waals surface area contributed by atoms with E-state index in [-0.39, 0.29) is 6.29 Å². The van der Waals surface area contributed by atoms with E-state index in [0.717, 1.165) is 37.4 Å². The van der Waals surface area contributed by atoms with Gasteiger partial charge in [-0.2, -0.15) is 0 Å². The fourth-order valence-corrected chi connectivity index (χ4v) is 3.45. The molecule has 16 heavy (non-hydrogen) atoms. The molecule has 3 atom stereocenters. The fraction of sp³-hybridized carbons (Fsp3) is 1.00. The molecule has 0 spiro atoms. The summed E-state index contributed by atoms with van der Waals surface area (Å²) in [5, 5.41) is 0. The van der Waals surface area contributed by atoms with Gasteiger partial charge in [0.1, 0.15) is 0 Å². The van der Waals surface area contributed by atoms with Crippen molar-refractivity contribution in [2.75, 3.05) is 13.2 Å². The Morgan fingerprint density at radius 2 is 1.56 bits per heavy atom. The maximum absolute atomic E-state index is 5.51. The highest BCUT2D eigenvalue weighted by Gasteiger charge is 2.32.